The highest BCUT2D eigenvalue weighted by molar-refractivity contribution is 5.89. The van der Waals surface area contributed by atoms with Crippen molar-refractivity contribution >= 4 is 17.8 Å². The van der Waals surface area contributed by atoms with E-state index in [0.29, 0.717) is 19.5 Å². The van der Waals surface area contributed by atoms with Gasteiger partial charge in [-0.1, -0.05) is 6.58 Å². The lowest BCUT2D eigenvalue weighted by atomic mass is 10.3. The van der Waals surface area contributed by atoms with Gasteiger partial charge < -0.3 is 15.7 Å². The van der Waals surface area contributed by atoms with E-state index in [1.807, 2.05) is 0 Å². The average molecular weight is 226 g/mol. The van der Waals surface area contributed by atoms with E-state index in [2.05, 4.69) is 17.2 Å². The summed E-state index contributed by atoms with van der Waals surface area (Å²) in [5.74, 6) is -2.44. The first-order chi connectivity index (χ1) is 7.56. The molecule has 2 atom stereocenters. The predicted octanol–water partition coefficient (Wildman–Crippen LogP) is -0.874. The van der Waals surface area contributed by atoms with Crippen LogP contribution in [0.1, 0.15) is 6.42 Å². The van der Waals surface area contributed by atoms with E-state index in [-0.39, 0.29) is 11.8 Å². The quantitative estimate of drug-likeness (QED) is 0.405. The minimum absolute atomic E-state index is 0.264. The molecule has 0 unspecified atom stereocenters. The Morgan fingerprint density at radius 3 is 2.38 bits per heavy atom. The highest BCUT2D eigenvalue weighted by Crippen LogP contribution is 2.38. The van der Waals surface area contributed by atoms with Crippen LogP contribution in [0.25, 0.3) is 0 Å². The van der Waals surface area contributed by atoms with Gasteiger partial charge in [-0.2, -0.15) is 0 Å². The Labute approximate surface area is 92.7 Å². The van der Waals surface area contributed by atoms with Crippen LogP contribution in [0.4, 0.5) is 0 Å². The summed E-state index contributed by atoms with van der Waals surface area (Å²) in [5.41, 5.74) is 0. The molecule has 0 spiro atoms. The summed E-state index contributed by atoms with van der Waals surface area (Å²) in [5, 5.41) is 13.7. The lowest BCUT2D eigenvalue weighted by molar-refractivity contribution is -0.140. The number of carbonyl (C=O) groups excluding carboxylic acids is 2. The molecule has 0 bridgehead atoms. The number of nitrogens with one attached hydrogen (secondary N) is 2. The molecule has 0 aromatic heterocycles. The van der Waals surface area contributed by atoms with Crippen LogP contribution in [0.2, 0.25) is 0 Å². The second kappa shape index (κ2) is 5.29. The molecule has 6 nitrogen and oxygen atoms in total. The van der Waals surface area contributed by atoms with Gasteiger partial charge in [0.15, 0.2) is 0 Å². The SMILES string of the molecule is C=CC(=O)NCCNC(=O)[C@@H]1C[C@@H]1C(=O)O. The highest BCUT2D eigenvalue weighted by atomic mass is 16.4. The Morgan fingerprint density at radius 2 is 1.88 bits per heavy atom. The smallest absolute Gasteiger partial charge is 0.307 e. The van der Waals surface area contributed by atoms with Gasteiger partial charge in [-0.3, -0.25) is 14.4 Å². The second-order valence-electron chi connectivity index (χ2n) is 3.57. The second-order valence-corrected chi connectivity index (χ2v) is 3.57. The Kier molecular flexibility index (Phi) is 4.04. The molecule has 0 aromatic carbocycles. The first-order valence-corrected chi connectivity index (χ1v) is 4.97. The van der Waals surface area contributed by atoms with Crippen LogP contribution in [0.5, 0.6) is 0 Å². The minimum atomic E-state index is -0.930. The van der Waals surface area contributed by atoms with Gasteiger partial charge in [-0.05, 0) is 12.5 Å². The van der Waals surface area contributed by atoms with Gasteiger partial charge in [0.2, 0.25) is 11.8 Å². The molecule has 16 heavy (non-hydrogen) atoms. The van der Waals surface area contributed by atoms with Crippen LogP contribution in [0.3, 0.4) is 0 Å². The summed E-state index contributed by atoms with van der Waals surface area (Å²) in [6.45, 7) is 3.88. The van der Waals surface area contributed by atoms with Gasteiger partial charge in [-0.15, -0.1) is 0 Å². The molecular formula is C10H14N2O4. The van der Waals surface area contributed by atoms with Crippen molar-refractivity contribution in [3.63, 3.8) is 0 Å². The third-order valence-electron chi connectivity index (χ3n) is 2.35. The van der Waals surface area contributed by atoms with Crippen LogP contribution in [-0.2, 0) is 14.4 Å². The number of carbonyl (C=O) groups is 3. The van der Waals surface area contributed by atoms with E-state index >= 15 is 0 Å². The van der Waals surface area contributed by atoms with Gasteiger partial charge in [0.1, 0.15) is 0 Å². The van der Waals surface area contributed by atoms with Gasteiger partial charge in [0, 0.05) is 13.1 Å². The topological polar surface area (TPSA) is 95.5 Å². The fourth-order valence-corrected chi connectivity index (χ4v) is 1.33. The molecule has 6 heteroatoms. The van der Waals surface area contributed by atoms with Crippen molar-refractivity contribution in [2.24, 2.45) is 11.8 Å². The molecule has 0 heterocycles. The number of aliphatic carboxylic acids is 1. The van der Waals surface area contributed by atoms with Crippen molar-refractivity contribution in [3.8, 4) is 0 Å². The molecule has 1 rings (SSSR count). The number of amides is 2. The minimum Gasteiger partial charge on any atom is -0.481 e. The molecule has 0 radical (unpaired) electrons. The number of hydrogen-bond acceptors (Lipinski definition) is 3. The maximum atomic E-state index is 11.3. The zero-order valence-corrected chi connectivity index (χ0v) is 8.73. The van der Waals surface area contributed by atoms with Crippen LogP contribution >= 0.6 is 0 Å². The van der Waals surface area contributed by atoms with E-state index in [1.54, 1.807) is 0 Å². The van der Waals surface area contributed by atoms with Gasteiger partial charge in [0.25, 0.3) is 0 Å². The van der Waals surface area contributed by atoms with Crippen molar-refractivity contribution in [3.05, 3.63) is 12.7 Å². The molecule has 1 fully saturated rings. The zero-order chi connectivity index (χ0) is 12.1. The van der Waals surface area contributed by atoms with Crippen LogP contribution in [0, 0.1) is 11.8 Å². The summed E-state index contributed by atoms with van der Waals surface area (Å²) in [6.07, 6.45) is 1.54. The molecule has 1 aliphatic carbocycles. The third-order valence-corrected chi connectivity index (χ3v) is 2.35. The van der Waals surface area contributed by atoms with Gasteiger partial charge >= 0.3 is 5.97 Å². The molecule has 0 saturated heterocycles. The fourth-order valence-electron chi connectivity index (χ4n) is 1.33. The van der Waals surface area contributed by atoms with E-state index < -0.39 is 17.8 Å². The van der Waals surface area contributed by atoms with Crippen molar-refractivity contribution < 1.29 is 19.5 Å². The number of carboxylic acid groups (broad SMARTS) is 1. The average Bonchev–Trinajstić information content (AvgIpc) is 3.03. The van der Waals surface area contributed by atoms with Crippen LogP contribution in [-0.4, -0.2) is 36.0 Å². The monoisotopic (exact) mass is 226 g/mol. The highest BCUT2D eigenvalue weighted by Gasteiger charge is 2.48. The Bertz CT molecular complexity index is 327. The lowest BCUT2D eigenvalue weighted by Crippen LogP contribution is -2.35. The van der Waals surface area contributed by atoms with Gasteiger partial charge in [-0.25, -0.2) is 0 Å². The number of rotatable bonds is 6. The summed E-state index contributed by atoms with van der Waals surface area (Å²) < 4.78 is 0. The van der Waals surface area contributed by atoms with Crippen molar-refractivity contribution in [2.75, 3.05) is 13.1 Å². The van der Waals surface area contributed by atoms with E-state index in [0.717, 1.165) is 6.08 Å². The van der Waals surface area contributed by atoms with Crippen molar-refractivity contribution in [1.29, 1.82) is 0 Å². The van der Waals surface area contributed by atoms with Crippen molar-refractivity contribution in [1.82, 2.24) is 10.6 Å². The predicted molar refractivity (Wildman–Crippen MR) is 55.4 cm³/mol. The zero-order valence-electron chi connectivity index (χ0n) is 8.73. The molecular weight excluding hydrogens is 212 g/mol. The van der Waals surface area contributed by atoms with Crippen LogP contribution in [0.15, 0.2) is 12.7 Å². The Hall–Kier alpha value is -1.85. The number of carboxylic acids is 1. The summed E-state index contributed by atoms with van der Waals surface area (Å²) >= 11 is 0. The van der Waals surface area contributed by atoms with E-state index in [1.165, 1.54) is 0 Å². The lowest BCUT2D eigenvalue weighted by Gasteiger charge is -2.04. The Balaban J connectivity index is 2.10. The summed E-state index contributed by atoms with van der Waals surface area (Å²) in [7, 11) is 0. The third kappa shape index (κ3) is 3.38. The molecule has 0 aliphatic heterocycles. The molecule has 1 aliphatic rings. The molecule has 2 amide bonds. The largest absolute Gasteiger partial charge is 0.481 e. The van der Waals surface area contributed by atoms with E-state index in [4.69, 9.17) is 5.11 Å². The van der Waals surface area contributed by atoms with E-state index in [9.17, 15) is 14.4 Å². The van der Waals surface area contributed by atoms with Gasteiger partial charge in [0.05, 0.1) is 11.8 Å². The first-order valence-electron chi connectivity index (χ1n) is 4.97. The van der Waals surface area contributed by atoms with Crippen LogP contribution < -0.4 is 10.6 Å². The number of hydrogen-bond donors (Lipinski definition) is 3. The molecule has 0 aromatic rings. The van der Waals surface area contributed by atoms with Crippen molar-refractivity contribution in [2.45, 2.75) is 6.42 Å². The first kappa shape index (κ1) is 12.2. The summed E-state index contributed by atoms with van der Waals surface area (Å²) in [4.78, 5) is 32.5. The maximum absolute atomic E-state index is 11.3. The normalized spacial score (nSPS) is 22.0. The maximum Gasteiger partial charge on any atom is 0.307 e. The molecule has 3 N–H and O–H groups in total. The standard InChI is InChI=1S/C10H14N2O4/c1-2-8(13)11-3-4-12-9(14)6-5-7(6)10(15)16/h2,6-7H,1,3-5H2,(H,11,13)(H,12,14)(H,15,16)/t6-,7+/m1/s1. The Morgan fingerprint density at radius 1 is 1.25 bits per heavy atom. The molecule has 1 saturated carbocycles. The molecule has 88 valence electrons. The summed E-state index contributed by atoms with van der Waals surface area (Å²) in [6, 6.07) is 0. The fraction of sp³-hybridized carbons (Fsp3) is 0.500.